The molecule has 2 unspecified atom stereocenters. The first-order valence-electron chi connectivity index (χ1n) is 12.6. The molecule has 0 spiro atoms. The summed E-state index contributed by atoms with van der Waals surface area (Å²) in [6, 6.07) is 8.86. The van der Waals surface area contributed by atoms with Gasteiger partial charge in [-0.25, -0.2) is 8.42 Å². The lowest BCUT2D eigenvalue weighted by molar-refractivity contribution is -0.147. The summed E-state index contributed by atoms with van der Waals surface area (Å²) in [5.41, 5.74) is 0. The summed E-state index contributed by atoms with van der Waals surface area (Å²) >= 11 is 6.02. The van der Waals surface area contributed by atoms with Crippen LogP contribution < -0.4 is 4.72 Å². The second kappa shape index (κ2) is 9.71. The number of hydrogen-bond acceptors (Lipinski definition) is 4. The van der Waals surface area contributed by atoms with Crippen LogP contribution in [0.25, 0.3) is 10.8 Å². The van der Waals surface area contributed by atoms with Crippen molar-refractivity contribution in [3.8, 4) is 0 Å². The van der Waals surface area contributed by atoms with Crippen molar-refractivity contribution >= 4 is 44.2 Å². The molecule has 2 amide bonds. The lowest BCUT2D eigenvalue weighted by Gasteiger charge is -2.45. The minimum Gasteiger partial charge on any atom is -0.338 e. The van der Waals surface area contributed by atoms with Gasteiger partial charge in [-0.1, -0.05) is 36.6 Å². The number of carbonyl (C=O) groups excluding carboxylic acids is 2. The summed E-state index contributed by atoms with van der Waals surface area (Å²) in [5, 5.41) is 2.17. The van der Waals surface area contributed by atoms with Gasteiger partial charge in [-0.3, -0.25) is 9.59 Å². The van der Waals surface area contributed by atoms with Gasteiger partial charge in [0.15, 0.2) is 0 Å². The fourth-order valence-electron chi connectivity index (χ4n) is 6.08. The number of rotatable bonds is 5. The SMILES string of the molecule is C[C@@H](C(=O)N1CCCC2CCCCC21)N1CC[C@H](NS(=O)(=O)c2ccc3cc(Cl)ccc3c2)C1=O. The van der Waals surface area contributed by atoms with Crippen molar-refractivity contribution in [2.45, 2.75) is 74.9 Å². The summed E-state index contributed by atoms with van der Waals surface area (Å²) in [6.45, 7) is 2.88. The van der Waals surface area contributed by atoms with Crippen molar-refractivity contribution in [2.75, 3.05) is 13.1 Å². The zero-order valence-electron chi connectivity index (χ0n) is 20.0. The molecule has 0 aromatic heterocycles. The van der Waals surface area contributed by atoms with E-state index in [0.717, 1.165) is 36.6 Å². The molecule has 2 aliphatic heterocycles. The van der Waals surface area contributed by atoms with E-state index in [-0.39, 0.29) is 22.8 Å². The molecular weight excluding hydrogens is 486 g/mol. The number of fused-ring (bicyclic) bond motifs is 2. The molecule has 2 saturated heterocycles. The highest BCUT2D eigenvalue weighted by Crippen LogP contribution is 2.36. The van der Waals surface area contributed by atoms with E-state index in [1.807, 2.05) is 4.90 Å². The van der Waals surface area contributed by atoms with Crippen molar-refractivity contribution in [1.29, 1.82) is 0 Å². The molecule has 1 N–H and O–H groups in total. The monoisotopic (exact) mass is 517 g/mol. The van der Waals surface area contributed by atoms with Crippen LogP contribution in [0.2, 0.25) is 5.02 Å². The van der Waals surface area contributed by atoms with Crippen LogP contribution in [0.3, 0.4) is 0 Å². The van der Waals surface area contributed by atoms with Gasteiger partial charge in [0.05, 0.1) is 4.90 Å². The number of nitrogens with one attached hydrogen (secondary N) is 1. The molecule has 4 atom stereocenters. The standard InChI is InChI=1S/C26H32ClN3O4S/c1-17(25(31)30-13-4-6-18-5-2-3-7-24(18)30)29-14-12-23(26(29)32)28-35(33,34)22-11-9-19-15-21(27)10-8-20(19)16-22/h8-11,15-18,23-24,28H,2-7,12-14H2,1H3/t17-,18?,23-,24?/m0/s1. The molecule has 7 nitrogen and oxygen atoms in total. The summed E-state index contributed by atoms with van der Waals surface area (Å²) in [6.07, 6.45) is 7.12. The van der Waals surface area contributed by atoms with E-state index in [1.165, 1.54) is 25.3 Å². The Bertz CT molecular complexity index is 1250. The molecule has 9 heteroatoms. The number of hydrogen-bond donors (Lipinski definition) is 1. The smallest absolute Gasteiger partial charge is 0.245 e. The lowest BCUT2D eigenvalue weighted by Crippen LogP contribution is -2.56. The number of nitrogens with zero attached hydrogens (tertiary/aromatic N) is 2. The van der Waals surface area contributed by atoms with Gasteiger partial charge in [0, 0.05) is 24.2 Å². The number of sulfonamides is 1. The molecule has 3 fully saturated rings. The van der Waals surface area contributed by atoms with Gasteiger partial charge < -0.3 is 9.80 Å². The minimum atomic E-state index is -3.91. The second-order valence-corrected chi connectivity index (χ2v) is 12.3. The van der Waals surface area contributed by atoms with Gasteiger partial charge in [0.25, 0.3) is 0 Å². The molecule has 35 heavy (non-hydrogen) atoms. The molecule has 1 saturated carbocycles. The Balaban J connectivity index is 1.27. The Morgan fingerprint density at radius 3 is 2.54 bits per heavy atom. The van der Waals surface area contributed by atoms with Gasteiger partial charge in [0.1, 0.15) is 12.1 Å². The molecule has 0 bridgehead atoms. The zero-order valence-corrected chi connectivity index (χ0v) is 21.5. The van der Waals surface area contributed by atoms with Gasteiger partial charge in [-0.2, -0.15) is 4.72 Å². The van der Waals surface area contributed by atoms with Crippen molar-refractivity contribution in [3.05, 3.63) is 41.4 Å². The van der Waals surface area contributed by atoms with Crippen LogP contribution in [-0.2, 0) is 19.6 Å². The molecule has 2 heterocycles. The van der Waals surface area contributed by atoms with Crippen LogP contribution >= 0.6 is 11.6 Å². The van der Waals surface area contributed by atoms with Crippen LogP contribution in [-0.4, -0.2) is 61.2 Å². The van der Waals surface area contributed by atoms with Gasteiger partial charge >= 0.3 is 0 Å². The van der Waals surface area contributed by atoms with Gasteiger partial charge in [-0.15, -0.1) is 0 Å². The van der Waals surface area contributed by atoms with E-state index >= 15 is 0 Å². The molecule has 2 aromatic rings. The van der Waals surface area contributed by atoms with Crippen LogP contribution in [0.15, 0.2) is 41.3 Å². The fraction of sp³-hybridized carbons (Fsp3) is 0.538. The number of halogens is 1. The predicted octanol–water partition coefficient (Wildman–Crippen LogP) is 3.94. The maximum atomic E-state index is 13.4. The minimum absolute atomic E-state index is 0.00773. The average Bonchev–Trinajstić information content (AvgIpc) is 3.21. The summed E-state index contributed by atoms with van der Waals surface area (Å²) in [5.74, 6) is 0.228. The Morgan fingerprint density at radius 2 is 1.71 bits per heavy atom. The van der Waals surface area contributed by atoms with Crippen molar-refractivity contribution in [3.63, 3.8) is 0 Å². The summed E-state index contributed by atoms with van der Waals surface area (Å²) in [4.78, 5) is 30.3. The van der Waals surface area contributed by atoms with Gasteiger partial charge in [0.2, 0.25) is 21.8 Å². The lowest BCUT2D eigenvalue weighted by atomic mass is 9.78. The van der Waals surface area contributed by atoms with E-state index in [2.05, 4.69) is 4.72 Å². The zero-order chi connectivity index (χ0) is 24.7. The van der Waals surface area contributed by atoms with E-state index in [4.69, 9.17) is 11.6 Å². The largest absolute Gasteiger partial charge is 0.338 e. The first-order valence-corrected chi connectivity index (χ1v) is 14.4. The normalized spacial score (nSPS) is 26.1. The quantitative estimate of drug-likeness (QED) is 0.650. The second-order valence-electron chi connectivity index (χ2n) is 10.1. The number of benzene rings is 2. The van der Waals surface area contributed by atoms with Crippen LogP contribution in [0, 0.1) is 5.92 Å². The number of likely N-dealkylation sites (tertiary alicyclic amines) is 2. The maximum Gasteiger partial charge on any atom is 0.245 e. The predicted molar refractivity (Wildman–Crippen MR) is 136 cm³/mol. The Morgan fingerprint density at radius 1 is 1.00 bits per heavy atom. The molecule has 5 rings (SSSR count). The molecule has 0 radical (unpaired) electrons. The third-order valence-corrected chi connectivity index (χ3v) is 9.68. The molecular formula is C26H32ClN3O4S. The number of carbonyl (C=O) groups is 2. The van der Waals surface area contributed by atoms with Crippen LogP contribution in [0.1, 0.15) is 51.9 Å². The topological polar surface area (TPSA) is 86.8 Å². The number of amides is 2. The van der Waals surface area contributed by atoms with E-state index in [0.29, 0.717) is 23.9 Å². The fourth-order valence-corrected chi connectivity index (χ4v) is 7.52. The van der Waals surface area contributed by atoms with Crippen molar-refractivity contribution < 1.29 is 18.0 Å². The summed E-state index contributed by atoms with van der Waals surface area (Å²) in [7, 11) is -3.91. The van der Waals surface area contributed by atoms with E-state index < -0.39 is 22.1 Å². The Hall–Kier alpha value is -2.16. The molecule has 2 aromatic carbocycles. The molecule has 188 valence electrons. The maximum absolute atomic E-state index is 13.4. The number of piperidine rings is 1. The van der Waals surface area contributed by atoms with Crippen molar-refractivity contribution in [1.82, 2.24) is 14.5 Å². The Kier molecular flexibility index (Phi) is 6.81. The third-order valence-electron chi connectivity index (χ3n) is 7.97. The van der Waals surface area contributed by atoms with Crippen LogP contribution in [0.4, 0.5) is 0 Å². The van der Waals surface area contributed by atoms with Gasteiger partial charge in [-0.05, 0) is 80.0 Å². The Labute approximate surface area is 211 Å². The highest BCUT2D eigenvalue weighted by Gasteiger charge is 2.43. The van der Waals surface area contributed by atoms with Crippen molar-refractivity contribution in [2.24, 2.45) is 5.92 Å². The third kappa shape index (κ3) is 4.80. The van der Waals surface area contributed by atoms with Crippen LogP contribution in [0.5, 0.6) is 0 Å². The first kappa shape index (κ1) is 24.5. The van der Waals surface area contributed by atoms with E-state index in [1.54, 1.807) is 42.2 Å². The highest BCUT2D eigenvalue weighted by molar-refractivity contribution is 7.89. The molecule has 3 aliphatic rings. The first-order chi connectivity index (χ1) is 16.7. The average molecular weight is 518 g/mol. The molecule has 1 aliphatic carbocycles. The highest BCUT2D eigenvalue weighted by atomic mass is 35.5. The van der Waals surface area contributed by atoms with E-state index in [9.17, 15) is 18.0 Å². The summed E-state index contributed by atoms with van der Waals surface area (Å²) < 4.78 is 28.7.